The first-order valence-corrected chi connectivity index (χ1v) is 14.3. The molecular weight excluding hydrogens is 625 g/mol. The summed E-state index contributed by atoms with van der Waals surface area (Å²) < 4.78 is 25.6. The van der Waals surface area contributed by atoms with Gasteiger partial charge in [0.15, 0.2) is 17.2 Å². The van der Waals surface area contributed by atoms with Crippen LogP contribution in [0.15, 0.2) is 41.3 Å². The minimum atomic E-state index is -0.498. The normalized spacial score (nSPS) is 15.6. The Morgan fingerprint density at radius 2 is 1.70 bits per heavy atom. The van der Waals surface area contributed by atoms with Gasteiger partial charge in [0.05, 0.1) is 40.5 Å². The summed E-state index contributed by atoms with van der Waals surface area (Å²) in [6.07, 6.45) is 1.77. The summed E-state index contributed by atoms with van der Waals surface area (Å²) >= 11 is 2.07. The highest BCUT2D eigenvalue weighted by Gasteiger charge is 2.31. The van der Waals surface area contributed by atoms with Crippen LogP contribution in [0.25, 0.3) is 11.1 Å². The van der Waals surface area contributed by atoms with Crippen molar-refractivity contribution < 1.29 is 23.7 Å². The second-order valence-electron chi connectivity index (χ2n) is 10.2. The third-order valence-electron chi connectivity index (χ3n) is 7.11. The van der Waals surface area contributed by atoms with Gasteiger partial charge in [0, 0.05) is 34.1 Å². The van der Waals surface area contributed by atoms with Crippen LogP contribution in [0.5, 0.6) is 23.0 Å². The Morgan fingerprint density at radius 3 is 2.27 bits per heavy atom. The second kappa shape index (κ2) is 14.1. The number of halogens is 1. The van der Waals surface area contributed by atoms with E-state index in [0.717, 1.165) is 22.4 Å². The largest absolute Gasteiger partial charge is 0.493 e. The fourth-order valence-corrected chi connectivity index (χ4v) is 5.38. The number of hydrogen-bond donors (Lipinski definition) is 3. The Morgan fingerprint density at radius 1 is 1.02 bits per heavy atom. The minimum absolute atomic E-state index is 0.0249. The van der Waals surface area contributed by atoms with Gasteiger partial charge in [0.1, 0.15) is 6.04 Å². The molecule has 1 aliphatic rings. The fraction of sp³-hybridized carbons (Fsp3) is 0.467. The van der Waals surface area contributed by atoms with E-state index < -0.39 is 12.1 Å². The maximum absolute atomic E-state index is 13.8. The Kier molecular flexibility index (Phi) is 11.1. The van der Waals surface area contributed by atoms with Crippen molar-refractivity contribution in [2.24, 2.45) is 5.92 Å². The predicted molar refractivity (Wildman–Crippen MR) is 166 cm³/mol. The molecule has 0 fully saturated rings. The molecule has 218 valence electrons. The number of benzene rings is 1. The van der Waals surface area contributed by atoms with Crippen LogP contribution in [0.2, 0.25) is 0 Å². The van der Waals surface area contributed by atoms with Crippen LogP contribution in [0, 0.1) is 5.92 Å². The van der Waals surface area contributed by atoms with Crippen LogP contribution >= 0.6 is 22.9 Å². The van der Waals surface area contributed by atoms with Gasteiger partial charge in [0.2, 0.25) is 17.1 Å². The quantitative estimate of drug-likeness (QED) is 0.222. The van der Waals surface area contributed by atoms with Gasteiger partial charge in [-0.2, -0.15) is 0 Å². The highest BCUT2D eigenvalue weighted by Crippen LogP contribution is 2.50. The van der Waals surface area contributed by atoms with Crippen LogP contribution in [-0.2, 0) is 11.2 Å². The number of nitrogens with one attached hydrogen (secondary N) is 3. The molecule has 0 aromatic heterocycles. The second-order valence-corrected chi connectivity index (χ2v) is 10.9. The van der Waals surface area contributed by atoms with Gasteiger partial charge in [0.25, 0.3) is 0 Å². The number of methoxy groups -OCH3 is 4. The standard InChI is InChI=1S/C30H40IN3O6/c1-16(2)13-23(32-17(3)18(4)34-31)30(36)33-22-11-9-19-14-26(38-6)28(39-7)29(40-8)27(19)20-10-12-25(37-5)24(35)15-21(20)22/h10,12,14-16,18,22-23,32,34H,3,9,11,13H2,1-2,4-8H3,(H,33,36). The van der Waals surface area contributed by atoms with Crippen LogP contribution in [-0.4, -0.2) is 46.4 Å². The number of aryl methyl sites for hydroxylation is 1. The summed E-state index contributed by atoms with van der Waals surface area (Å²) in [5.41, 5.74) is 3.62. The Bertz CT molecular complexity index is 1300. The number of ether oxygens (including phenoxy) is 4. The van der Waals surface area contributed by atoms with Gasteiger partial charge in [-0.3, -0.25) is 13.1 Å². The van der Waals surface area contributed by atoms with E-state index in [1.807, 2.05) is 19.1 Å². The lowest BCUT2D eigenvalue weighted by Gasteiger charge is -2.27. The fourth-order valence-electron chi connectivity index (χ4n) is 5.01. The third kappa shape index (κ3) is 6.83. The molecule has 0 saturated carbocycles. The number of carbonyl (C=O) groups excluding carboxylic acids is 1. The smallest absolute Gasteiger partial charge is 0.242 e. The molecule has 2 aromatic carbocycles. The number of carbonyl (C=O) groups is 1. The van der Waals surface area contributed by atoms with E-state index in [1.165, 1.54) is 7.11 Å². The van der Waals surface area contributed by atoms with Crippen molar-refractivity contribution in [2.75, 3.05) is 28.4 Å². The van der Waals surface area contributed by atoms with Crippen molar-refractivity contribution >= 4 is 28.8 Å². The summed E-state index contributed by atoms with van der Waals surface area (Å²) in [6.45, 7) is 10.2. The van der Waals surface area contributed by atoms with Crippen molar-refractivity contribution in [3.05, 3.63) is 57.9 Å². The molecule has 3 N–H and O–H groups in total. The lowest BCUT2D eigenvalue weighted by atomic mass is 9.95. The molecule has 1 amide bonds. The van der Waals surface area contributed by atoms with Gasteiger partial charge >= 0.3 is 0 Å². The van der Waals surface area contributed by atoms with Gasteiger partial charge in [-0.05, 0) is 67.0 Å². The number of hydrogen-bond acceptors (Lipinski definition) is 8. The molecule has 0 heterocycles. The minimum Gasteiger partial charge on any atom is -0.493 e. The summed E-state index contributed by atoms with van der Waals surface area (Å²) in [7, 11) is 6.17. The summed E-state index contributed by atoms with van der Waals surface area (Å²) in [4.78, 5) is 26.9. The molecule has 0 aliphatic heterocycles. The van der Waals surface area contributed by atoms with Crippen LogP contribution in [0.4, 0.5) is 0 Å². The molecule has 0 saturated heterocycles. The molecule has 0 bridgehead atoms. The molecule has 3 unspecified atom stereocenters. The first kappa shape index (κ1) is 31.5. The summed E-state index contributed by atoms with van der Waals surface area (Å²) in [6, 6.07) is 6.00. The topological polar surface area (TPSA) is 107 Å². The zero-order chi connectivity index (χ0) is 29.6. The van der Waals surface area contributed by atoms with Crippen molar-refractivity contribution in [3.8, 4) is 34.1 Å². The highest BCUT2D eigenvalue weighted by molar-refractivity contribution is 14.1. The van der Waals surface area contributed by atoms with Crippen molar-refractivity contribution in [1.29, 1.82) is 0 Å². The predicted octanol–water partition coefficient (Wildman–Crippen LogP) is 4.70. The highest BCUT2D eigenvalue weighted by atomic mass is 127. The molecule has 3 atom stereocenters. The van der Waals surface area contributed by atoms with E-state index in [9.17, 15) is 9.59 Å². The number of amides is 1. The van der Waals surface area contributed by atoms with Gasteiger partial charge in [-0.1, -0.05) is 26.5 Å². The van der Waals surface area contributed by atoms with Crippen molar-refractivity contribution in [3.63, 3.8) is 0 Å². The third-order valence-corrected chi connectivity index (χ3v) is 8.04. The molecular formula is C30H40IN3O6. The van der Waals surface area contributed by atoms with E-state index in [4.69, 9.17) is 18.9 Å². The molecule has 3 rings (SSSR count). The molecule has 0 spiro atoms. The first-order valence-electron chi connectivity index (χ1n) is 13.3. The molecule has 0 radical (unpaired) electrons. The van der Waals surface area contributed by atoms with Crippen molar-refractivity contribution in [1.82, 2.24) is 14.2 Å². The summed E-state index contributed by atoms with van der Waals surface area (Å²) in [5.74, 6) is 1.81. The average Bonchev–Trinajstić information content (AvgIpc) is 3.18. The molecule has 40 heavy (non-hydrogen) atoms. The van der Waals surface area contributed by atoms with Crippen molar-refractivity contribution in [2.45, 2.75) is 58.2 Å². The van der Waals surface area contributed by atoms with Crippen LogP contribution in [0.3, 0.4) is 0 Å². The van der Waals surface area contributed by atoms with Gasteiger partial charge in [-0.25, -0.2) is 0 Å². The van der Waals surface area contributed by atoms with E-state index in [1.54, 1.807) is 33.5 Å². The average molecular weight is 666 g/mol. The maximum atomic E-state index is 13.8. The zero-order valence-corrected chi connectivity index (χ0v) is 26.4. The molecule has 10 heteroatoms. The maximum Gasteiger partial charge on any atom is 0.242 e. The molecule has 1 aliphatic carbocycles. The molecule has 2 aromatic rings. The number of rotatable bonds is 12. The van der Waals surface area contributed by atoms with Crippen LogP contribution < -0.4 is 38.5 Å². The Balaban J connectivity index is 2.16. The molecule has 9 nitrogen and oxygen atoms in total. The van der Waals surface area contributed by atoms with E-state index >= 15 is 0 Å². The SMILES string of the molecule is C=C(NC(CC(C)C)C(=O)NC1CCc2cc(OC)c(OC)c(OC)c2-c2ccc(OC)c(=O)cc21)C(C)NI. The van der Waals surface area contributed by atoms with Gasteiger partial charge < -0.3 is 29.6 Å². The zero-order valence-electron chi connectivity index (χ0n) is 24.3. The first-order chi connectivity index (χ1) is 19.1. The summed E-state index contributed by atoms with van der Waals surface area (Å²) in [5, 5.41) is 6.56. The van der Waals surface area contributed by atoms with Gasteiger partial charge in [-0.15, -0.1) is 0 Å². The van der Waals surface area contributed by atoms with E-state index in [2.05, 4.69) is 57.5 Å². The van der Waals surface area contributed by atoms with E-state index in [0.29, 0.717) is 42.1 Å². The Hall–Kier alpha value is -2.99. The lowest BCUT2D eigenvalue weighted by molar-refractivity contribution is -0.124. The van der Waals surface area contributed by atoms with Crippen LogP contribution in [0.1, 0.15) is 50.8 Å². The number of fused-ring (bicyclic) bond motifs is 3. The lowest BCUT2D eigenvalue weighted by Crippen LogP contribution is -2.47. The Labute approximate surface area is 250 Å². The van der Waals surface area contributed by atoms with E-state index in [-0.39, 0.29) is 29.0 Å². The monoisotopic (exact) mass is 665 g/mol.